The number of nitrogens with one attached hydrogen (secondary N) is 2. The van der Waals surface area contributed by atoms with Crippen LogP contribution >= 0.6 is 0 Å². The monoisotopic (exact) mass is 445 g/mol. The summed E-state index contributed by atoms with van der Waals surface area (Å²) < 4.78 is 7.29. The van der Waals surface area contributed by atoms with Gasteiger partial charge in [0.1, 0.15) is 5.75 Å². The van der Waals surface area contributed by atoms with Gasteiger partial charge in [0.25, 0.3) is 6.47 Å². The molecule has 32 heavy (non-hydrogen) atoms. The normalized spacial score (nSPS) is 17.4. The Balaban J connectivity index is 0.00000114. The number of aromatic nitrogens is 3. The Labute approximate surface area is 187 Å². The van der Waals surface area contributed by atoms with Crippen LogP contribution < -0.4 is 15.4 Å². The topological polar surface area (TPSA) is 135 Å². The van der Waals surface area contributed by atoms with Crippen LogP contribution in [0.2, 0.25) is 0 Å². The van der Waals surface area contributed by atoms with Gasteiger partial charge in [0.05, 0.1) is 25.3 Å². The van der Waals surface area contributed by atoms with Crippen LogP contribution in [-0.4, -0.2) is 57.6 Å². The first kappa shape index (κ1) is 24.8. The van der Waals surface area contributed by atoms with Crippen molar-refractivity contribution < 1.29 is 24.2 Å². The van der Waals surface area contributed by atoms with Crippen molar-refractivity contribution in [1.82, 2.24) is 25.6 Å². The molecule has 10 nitrogen and oxygen atoms in total. The van der Waals surface area contributed by atoms with E-state index in [1.54, 1.807) is 4.68 Å². The number of aryl methyl sites for hydroxylation is 1. The molecule has 1 saturated carbocycles. The number of ether oxygens (including phenoxy) is 1. The van der Waals surface area contributed by atoms with Gasteiger partial charge in [-0.3, -0.25) is 19.1 Å². The van der Waals surface area contributed by atoms with E-state index in [1.807, 2.05) is 43.5 Å². The van der Waals surface area contributed by atoms with Gasteiger partial charge in [-0.05, 0) is 44.7 Å². The average Bonchev–Trinajstić information content (AvgIpc) is 3.20. The fraction of sp³-hybridized carbons (Fsp3) is 0.500. The van der Waals surface area contributed by atoms with Gasteiger partial charge in [0.15, 0.2) is 0 Å². The van der Waals surface area contributed by atoms with Gasteiger partial charge in [-0.25, -0.2) is 0 Å². The van der Waals surface area contributed by atoms with E-state index in [0.29, 0.717) is 26.1 Å². The van der Waals surface area contributed by atoms with Crippen molar-refractivity contribution in [3.8, 4) is 5.75 Å². The molecule has 3 N–H and O–H groups in total. The number of carbonyl (C=O) groups excluding carboxylic acids is 2. The molecule has 1 aliphatic carbocycles. The van der Waals surface area contributed by atoms with Gasteiger partial charge in [-0.15, -0.1) is 5.10 Å². The molecule has 0 saturated heterocycles. The minimum Gasteiger partial charge on any atom is -0.493 e. The van der Waals surface area contributed by atoms with Gasteiger partial charge >= 0.3 is 0 Å². The van der Waals surface area contributed by atoms with E-state index in [0.717, 1.165) is 37.1 Å². The van der Waals surface area contributed by atoms with Crippen LogP contribution in [0.4, 0.5) is 0 Å². The molecule has 1 aromatic heterocycles. The zero-order chi connectivity index (χ0) is 23.2. The van der Waals surface area contributed by atoms with Crippen LogP contribution in [0.15, 0.2) is 36.5 Å². The summed E-state index contributed by atoms with van der Waals surface area (Å²) in [6, 6.07) is 9.61. The van der Waals surface area contributed by atoms with E-state index in [2.05, 4.69) is 20.9 Å². The first-order chi connectivity index (χ1) is 15.5. The van der Waals surface area contributed by atoms with Gasteiger partial charge in [0.2, 0.25) is 11.8 Å². The molecule has 1 heterocycles. The van der Waals surface area contributed by atoms with Crippen LogP contribution in [0, 0.1) is 12.8 Å². The molecule has 0 bridgehead atoms. The van der Waals surface area contributed by atoms with E-state index >= 15 is 0 Å². The molecule has 0 spiro atoms. The van der Waals surface area contributed by atoms with E-state index in [1.165, 1.54) is 0 Å². The van der Waals surface area contributed by atoms with Crippen molar-refractivity contribution in [3.63, 3.8) is 0 Å². The molecule has 1 fully saturated rings. The van der Waals surface area contributed by atoms with Gasteiger partial charge < -0.3 is 20.5 Å². The maximum absolute atomic E-state index is 12.3. The van der Waals surface area contributed by atoms with Crippen molar-refractivity contribution in [2.45, 2.75) is 51.6 Å². The Morgan fingerprint density at radius 1 is 1.22 bits per heavy atom. The van der Waals surface area contributed by atoms with E-state index in [4.69, 9.17) is 14.6 Å². The van der Waals surface area contributed by atoms with Crippen molar-refractivity contribution in [1.29, 1.82) is 0 Å². The van der Waals surface area contributed by atoms with Crippen molar-refractivity contribution in [2.75, 3.05) is 13.2 Å². The van der Waals surface area contributed by atoms with Gasteiger partial charge in [-0.2, -0.15) is 0 Å². The SMILES string of the molecule is Cc1cn(CCNC(=O)C2CCC(NC(=O)CCOc3ccccc3)CC2)nn1.O=CO. The second-order valence-electron chi connectivity index (χ2n) is 7.55. The standard InChI is InChI=1S/C21H29N5O3.CH2O2/c1-16-15-26(25-24-16)13-12-22-21(28)17-7-9-18(10-8-17)23-20(27)11-14-29-19-5-3-2-4-6-19;2-1-3/h2-6,15,17-18H,7-14H2,1H3,(H,22,28)(H,23,27);1H,(H,2,3). The summed E-state index contributed by atoms with van der Waals surface area (Å²) in [4.78, 5) is 32.8. The molecule has 0 unspecified atom stereocenters. The molecule has 0 radical (unpaired) electrons. The second kappa shape index (κ2) is 13.8. The van der Waals surface area contributed by atoms with Crippen molar-refractivity contribution in [2.24, 2.45) is 5.92 Å². The molecular formula is C22H31N5O5. The minimum absolute atomic E-state index is 0.00282. The number of hydrogen-bond donors (Lipinski definition) is 3. The molecule has 0 aliphatic heterocycles. The number of nitrogens with zero attached hydrogens (tertiary/aromatic N) is 3. The number of benzene rings is 1. The third-order valence-electron chi connectivity index (χ3n) is 5.10. The number of para-hydroxylation sites is 1. The van der Waals surface area contributed by atoms with Crippen LogP contribution in [-0.2, 0) is 20.9 Å². The minimum atomic E-state index is -0.250. The summed E-state index contributed by atoms with van der Waals surface area (Å²) in [5, 5.41) is 20.8. The smallest absolute Gasteiger partial charge is 0.290 e. The van der Waals surface area contributed by atoms with Crippen LogP contribution in [0.3, 0.4) is 0 Å². The first-order valence-electron chi connectivity index (χ1n) is 10.7. The third-order valence-corrected chi connectivity index (χ3v) is 5.10. The Hall–Kier alpha value is -3.43. The van der Waals surface area contributed by atoms with Crippen LogP contribution in [0.25, 0.3) is 0 Å². The largest absolute Gasteiger partial charge is 0.493 e. The van der Waals surface area contributed by atoms with Gasteiger partial charge in [0, 0.05) is 24.7 Å². The highest BCUT2D eigenvalue weighted by Gasteiger charge is 2.26. The average molecular weight is 446 g/mol. The first-order valence-corrected chi connectivity index (χ1v) is 10.7. The predicted molar refractivity (Wildman–Crippen MR) is 117 cm³/mol. The van der Waals surface area contributed by atoms with E-state index in [-0.39, 0.29) is 30.2 Å². The highest BCUT2D eigenvalue weighted by Crippen LogP contribution is 2.24. The molecule has 3 rings (SSSR count). The maximum Gasteiger partial charge on any atom is 0.290 e. The number of carbonyl (C=O) groups is 3. The number of amides is 2. The highest BCUT2D eigenvalue weighted by atomic mass is 16.5. The number of carboxylic acid groups (broad SMARTS) is 1. The molecule has 174 valence electrons. The summed E-state index contributed by atoms with van der Waals surface area (Å²) >= 11 is 0. The Bertz CT molecular complexity index is 834. The lowest BCUT2D eigenvalue weighted by Gasteiger charge is -2.28. The van der Waals surface area contributed by atoms with Crippen molar-refractivity contribution >= 4 is 18.3 Å². The third kappa shape index (κ3) is 9.15. The Kier molecular flexibility index (Phi) is 10.7. The maximum atomic E-state index is 12.3. The molecule has 0 atom stereocenters. The Morgan fingerprint density at radius 3 is 2.53 bits per heavy atom. The quantitative estimate of drug-likeness (QED) is 0.498. The lowest BCUT2D eigenvalue weighted by atomic mass is 9.85. The zero-order valence-electron chi connectivity index (χ0n) is 18.3. The lowest BCUT2D eigenvalue weighted by Crippen LogP contribution is -2.41. The molecule has 2 amide bonds. The fourth-order valence-corrected chi connectivity index (χ4v) is 3.52. The molecule has 1 aromatic carbocycles. The van der Waals surface area contributed by atoms with E-state index in [9.17, 15) is 9.59 Å². The van der Waals surface area contributed by atoms with Crippen LogP contribution in [0.1, 0.15) is 37.8 Å². The summed E-state index contributed by atoms with van der Waals surface area (Å²) in [7, 11) is 0. The number of hydrogen-bond acceptors (Lipinski definition) is 6. The van der Waals surface area contributed by atoms with E-state index < -0.39 is 0 Å². The van der Waals surface area contributed by atoms with Gasteiger partial charge in [-0.1, -0.05) is 23.4 Å². The molecule has 10 heteroatoms. The molecular weight excluding hydrogens is 414 g/mol. The fourth-order valence-electron chi connectivity index (χ4n) is 3.52. The molecule has 1 aliphatic rings. The summed E-state index contributed by atoms with van der Waals surface area (Å²) in [6.07, 6.45) is 5.42. The summed E-state index contributed by atoms with van der Waals surface area (Å²) in [6.45, 7) is 3.15. The zero-order valence-corrected chi connectivity index (χ0v) is 18.3. The Morgan fingerprint density at radius 2 is 1.91 bits per heavy atom. The van der Waals surface area contributed by atoms with Crippen LogP contribution in [0.5, 0.6) is 5.75 Å². The highest BCUT2D eigenvalue weighted by molar-refractivity contribution is 5.79. The predicted octanol–water partition coefficient (Wildman–Crippen LogP) is 1.55. The summed E-state index contributed by atoms with van der Waals surface area (Å²) in [5.74, 6) is 0.868. The second-order valence-corrected chi connectivity index (χ2v) is 7.55. The molecule has 2 aromatic rings. The summed E-state index contributed by atoms with van der Waals surface area (Å²) in [5.41, 5.74) is 0.864. The van der Waals surface area contributed by atoms with Crippen molar-refractivity contribution in [3.05, 3.63) is 42.2 Å². The lowest BCUT2D eigenvalue weighted by molar-refractivity contribution is -0.126. The number of rotatable bonds is 9.